The highest BCUT2D eigenvalue weighted by Crippen LogP contribution is 2.62. The minimum Gasteiger partial charge on any atom is -0.462 e. The average Bonchev–Trinajstić information content (AvgIpc) is 3.26. The average molecular weight is 465 g/mol. The van der Waals surface area contributed by atoms with Crippen molar-refractivity contribution >= 4 is 5.97 Å². The first-order chi connectivity index (χ1) is 14.8. The number of piperidine rings is 2. The monoisotopic (exact) mass is 464 g/mol. The SMILES string of the molecule is CC1(C)CC(OC(=O)C2(C)CC(C)(C3OC3OC3CC(C)(C)NC(C)(C)C3)C2)CC(C)(C)N1. The Labute approximate surface area is 201 Å². The Kier molecular flexibility index (Phi) is 5.89. The molecule has 0 amide bonds. The molecular weight excluding hydrogens is 416 g/mol. The van der Waals surface area contributed by atoms with E-state index in [1.54, 1.807) is 0 Å². The van der Waals surface area contributed by atoms with Gasteiger partial charge in [-0.25, -0.2) is 0 Å². The predicted molar refractivity (Wildman–Crippen MR) is 130 cm³/mol. The van der Waals surface area contributed by atoms with Crippen LogP contribution in [0.1, 0.15) is 108 Å². The van der Waals surface area contributed by atoms with Crippen molar-refractivity contribution in [2.24, 2.45) is 10.8 Å². The second-order valence-electron chi connectivity index (χ2n) is 14.9. The van der Waals surface area contributed by atoms with Gasteiger partial charge in [0.25, 0.3) is 0 Å². The molecule has 0 radical (unpaired) electrons. The van der Waals surface area contributed by atoms with Crippen molar-refractivity contribution in [1.29, 1.82) is 0 Å². The number of esters is 1. The normalized spacial score (nSPS) is 41.8. The van der Waals surface area contributed by atoms with E-state index < -0.39 is 5.41 Å². The van der Waals surface area contributed by atoms with Gasteiger partial charge in [-0.05, 0) is 88.0 Å². The third-order valence-corrected chi connectivity index (χ3v) is 8.12. The maximum absolute atomic E-state index is 13.2. The van der Waals surface area contributed by atoms with Gasteiger partial charge in [-0.3, -0.25) is 4.79 Å². The molecule has 2 N–H and O–H groups in total. The topological polar surface area (TPSA) is 72.1 Å². The molecule has 33 heavy (non-hydrogen) atoms. The molecule has 4 fully saturated rings. The van der Waals surface area contributed by atoms with Gasteiger partial charge in [0.2, 0.25) is 0 Å². The van der Waals surface area contributed by atoms with Crippen LogP contribution in [0, 0.1) is 10.8 Å². The number of epoxide rings is 1. The third-order valence-electron chi connectivity index (χ3n) is 8.12. The zero-order chi connectivity index (χ0) is 24.7. The number of hydrogen-bond donors (Lipinski definition) is 2. The molecule has 0 spiro atoms. The van der Waals surface area contributed by atoms with Gasteiger partial charge in [-0.1, -0.05) is 6.92 Å². The third kappa shape index (κ3) is 5.60. The van der Waals surface area contributed by atoms with E-state index in [4.69, 9.17) is 14.2 Å². The number of carbonyl (C=O) groups excluding carboxylic acids is 1. The van der Waals surface area contributed by atoms with E-state index in [-0.39, 0.29) is 58.1 Å². The molecule has 4 rings (SSSR count). The fourth-order valence-corrected chi connectivity index (χ4v) is 7.89. The summed E-state index contributed by atoms with van der Waals surface area (Å²) >= 11 is 0. The molecule has 190 valence electrons. The van der Waals surface area contributed by atoms with Crippen LogP contribution in [0.15, 0.2) is 0 Å². The molecule has 0 bridgehead atoms. The fourth-order valence-electron chi connectivity index (χ4n) is 7.89. The summed E-state index contributed by atoms with van der Waals surface area (Å²) in [5.74, 6) is -0.0431. The highest BCUT2D eigenvalue weighted by atomic mass is 16.8. The fraction of sp³-hybridized carbons (Fsp3) is 0.963. The molecule has 3 saturated heterocycles. The lowest BCUT2D eigenvalue weighted by Gasteiger charge is -2.52. The summed E-state index contributed by atoms with van der Waals surface area (Å²) in [5.41, 5.74) is -0.418. The lowest BCUT2D eigenvalue weighted by atomic mass is 9.53. The van der Waals surface area contributed by atoms with Crippen molar-refractivity contribution in [3.63, 3.8) is 0 Å². The van der Waals surface area contributed by atoms with E-state index in [9.17, 15) is 4.79 Å². The maximum atomic E-state index is 13.2. The number of ether oxygens (including phenoxy) is 3. The number of hydrogen-bond acceptors (Lipinski definition) is 6. The Balaban J connectivity index is 1.29. The van der Waals surface area contributed by atoms with Gasteiger partial charge in [-0.15, -0.1) is 0 Å². The first-order valence-corrected chi connectivity index (χ1v) is 12.9. The molecule has 6 nitrogen and oxygen atoms in total. The molecule has 0 aromatic heterocycles. The predicted octanol–water partition coefficient (Wildman–Crippen LogP) is 4.70. The van der Waals surface area contributed by atoms with Crippen LogP contribution in [0.25, 0.3) is 0 Å². The van der Waals surface area contributed by atoms with E-state index in [0.29, 0.717) is 0 Å². The van der Waals surface area contributed by atoms with Crippen molar-refractivity contribution in [3.05, 3.63) is 0 Å². The van der Waals surface area contributed by atoms with Gasteiger partial charge in [0, 0.05) is 40.4 Å². The minimum absolute atomic E-state index is 0.0248. The van der Waals surface area contributed by atoms with Crippen molar-refractivity contribution in [1.82, 2.24) is 10.6 Å². The first kappa shape index (κ1) is 25.4. The molecule has 3 aliphatic heterocycles. The maximum Gasteiger partial charge on any atom is 0.312 e. The largest absolute Gasteiger partial charge is 0.462 e. The number of nitrogens with one attached hydrogen (secondary N) is 2. The van der Waals surface area contributed by atoms with Crippen LogP contribution in [0.2, 0.25) is 0 Å². The molecular formula is C27H48N2O4. The van der Waals surface area contributed by atoms with Crippen LogP contribution in [0.3, 0.4) is 0 Å². The molecule has 3 heterocycles. The van der Waals surface area contributed by atoms with Crippen molar-refractivity contribution < 1.29 is 19.0 Å². The number of carbonyl (C=O) groups is 1. The van der Waals surface area contributed by atoms with Gasteiger partial charge >= 0.3 is 5.97 Å². The summed E-state index contributed by atoms with van der Waals surface area (Å²) < 4.78 is 18.6. The minimum atomic E-state index is -0.427. The zero-order valence-corrected chi connectivity index (χ0v) is 22.7. The van der Waals surface area contributed by atoms with Crippen LogP contribution in [0.5, 0.6) is 0 Å². The molecule has 4 aliphatic rings. The molecule has 1 saturated carbocycles. The van der Waals surface area contributed by atoms with Crippen molar-refractivity contribution in [2.75, 3.05) is 0 Å². The molecule has 2 atom stereocenters. The molecule has 1 aliphatic carbocycles. The molecule has 0 aromatic carbocycles. The number of rotatable bonds is 5. The van der Waals surface area contributed by atoms with Crippen molar-refractivity contribution in [3.8, 4) is 0 Å². The van der Waals surface area contributed by atoms with E-state index in [2.05, 4.69) is 79.9 Å². The summed E-state index contributed by atoms with van der Waals surface area (Å²) in [6.07, 6.45) is 5.34. The Morgan fingerprint density at radius 1 is 0.727 bits per heavy atom. The Morgan fingerprint density at radius 3 is 1.61 bits per heavy atom. The van der Waals surface area contributed by atoms with Gasteiger partial charge < -0.3 is 24.8 Å². The van der Waals surface area contributed by atoms with E-state index in [1.165, 1.54) is 0 Å². The molecule has 6 heteroatoms. The van der Waals surface area contributed by atoms with Crippen molar-refractivity contribution in [2.45, 2.75) is 155 Å². The van der Waals surface area contributed by atoms with E-state index in [0.717, 1.165) is 38.5 Å². The van der Waals surface area contributed by atoms with Crippen LogP contribution < -0.4 is 10.6 Å². The van der Waals surface area contributed by atoms with E-state index >= 15 is 0 Å². The Hall–Kier alpha value is -0.690. The van der Waals surface area contributed by atoms with Crippen LogP contribution in [0.4, 0.5) is 0 Å². The van der Waals surface area contributed by atoms with Gasteiger partial charge in [0.15, 0.2) is 6.29 Å². The summed E-state index contributed by atoms with van der Waals surface area (Å²) in [4.78, 5) is 13.2. The zero-order valence-electron chi connectivity index (χ0n) is 22.7. The van der Waals surface area contributed by atoms with Gasteiger partial charge in [0.05, 0.1) is 11.5 Å². The lowest BCUT2D eigenvalue weighted by Crippen LogP contribution is -2.60. The summed E-state index contributed by atoms with van der Waals surface area (Å²) in [5, 5.41) is 7.37. The van der Waals surface area contributed by atoms with E-state index in [1.807, 2.05) is 0 Å². The molecule has 0 aromatic rings. The standard InChI is InChI=1S/C27H48N2O4/c1-22(2)11-17(12-23(3,4)28-22)31-20-19(33-20)26(9)15-27(10,16-26)21(30)32-18-13-24(5,6)29-25(7,8)14-18/h17-20,28-29H,11-16H2,1-10H3. The Morgan fingerprint density at radius 2 is 1.15 bits per heavy atom. The Bertz CT molecular complexity index is 749. The summed E-state index contributed by atoms with van der Waals surface area (Å²) in [7, 11) is 0. The smallest absolute Gasteiger partial charge is 0.312 e. The highest BCUT2D eigenvalue weighted by molar-refractivity contribution is 5.78. The second kappa shape index (κ2) is 7.65. The molecule has 2 unspecified atom stereocenters. The highest BCUT2D eigenvalue weighted by Gasteiger charge is 2.65. The summed E-state index contributed by atoms with van der Waals surface area (Å²) in [6, 6.07) is 0. The first-order valence-electron chi connectivity index (χ1n) is 12.9. The quantitative estimate of drug-likeness (QED) is 0.454. The van der Waals surface area contributed by atoms with Crippen LogP contribution >= 0.6 is 0 Å². The summed E-state index contributed by atoms with van der Waals surface area (Å²) in [6.45, 7) is 22.0. The van der Waals surface area contributed by atoms with Crippen LogP contribution in [-0.4, -0.2) is 52.7 Å². The van der Waals surface area contributed by atoms with Gasteiger partial charge in [0.1, 0.15) is 12.2 Å². The lowest BCUT2D eigenvalue weighted by molar-refractivity contribution is -0.180. The second-order valence-corrected chi connectivity index (χ2v) is 14.9. The van der Waals surface area contributed by atoms with Crippen LogP contribution in [-0.2, 0) is 19.0 Å². The van der Waals surface area contributed by atoms with Gasteiger partial charge in [-0.2, -0.15) is 0 Å².